The van der Waals surface area contributed by atoms with Gasteiger partial charge in [-0.1, -0.05) is 0 Å². The first-order chi connectivity index (χ1) is 8.25. The average Bonchev–Trinajstić information content (AvgIpc) is 2.63. The van der Waals surface area contributed by atoms with Gasteiger partial charge in [0.2, 0.25) is 0 Å². The Balaban J connectivity index is 1.94. The number of imide groups is 1. The minimum absolute atomic E-state index is 0.209. The number of rotatable bonds is 9. The first kappa shape index (κ1) is 13.8. The lowest BCUT2D eigenvalue weighted by atomic mass is 10.3. The number of carbonyl (C=O) groups is 2. The highest BCUT2D eigenvalue weighted by Crippen LogP contribution is 2.03. The third-order valence-electron chi connectivity index (χ3n) is 2.44. The van der Waals surface area contributed by atoms with Crippen molar-refractivity contribution in [3.8, 4) is 0 Å². The van der Waals surface area contributed by atoms with E-state index in [0.717, 1.165) is 32.6 Å². The monoisotopic (exact) mass is 240 g/mol. The molecule has 0 atom stereocenters. The lowest BCUT2D eigenvalue weighted by Crippen LogP contribution is -2.34. The standard InChI is InChI=1S/C11H20N4O2/c12-4-6-14-8-7-13-5-1-9-15-10(16)2-3-11(15)17/h2-3,13-14H,1,4-9,12H2. The average molecular weight is 240 g/mol. The molecule has 0 fully saturated rings. The normalized spacial score (nSPS) is 15.0. The van der Waals surface area contributed by atoms with Crippen molar-refractivity contribution in [1.82, 2.24) is 15.5 Å². The minimum atomic E-state index is -0.209. The molecule has 0 aromatic heterocycles. The van der Waals surface area contributed by atoms with E-state index in [-0.39, 0.29) is 11.8 Å². The molecule has 6 heteroatoms. The van der Waals surface area contributed by atoms with Gasteiger partial charge in [-0.2, -0.15) is 0 Å². The van der Waals surface area contributed by atoms with Crippen LogP contribution in [0.2, 0.25) is 0 Å². The van der Waals surface area contributed by atoms with Gasteiger partial charge in [0.05, 0.1) is 0 Å². The van der Waals surface area contributed by atoms with E-state index in [0.29, 0.717) is 13.1 Å². The second-order valence-electron chi connectivity index (χ2n) is 3.80. The molecule has 4 N–H and O–H groups in total. The van der Waals surface area contributed by atoms with Crippen molar-refractivity contribution in [2.75, 3.05) is 39.3 Å². The zero-order chi connectivity index (χ0) is 12.5. The highest BCUT2D eigenvalue weighted by molar-refractivity contribution is 6.12. The zero-order valence-electron chi connectivity index (χ0n) is 9.95. The summed E-state index contributed by atoms with van der Waals surface area (Å²) in [7, 11) is 0. The van der Waals surface area contributed by atoms with E-state index in [1.54, 1.807) is 0 Å². The molecule has 0 radical (unpaired) electrons. The number of nitrogens with one attached hydrogen (secondary N) is 2. The van der Waals surface area contributed by atoms with E-state index in [1.165, 1.54) is 17.1 Å². The van der Waals surface area contributed by atoms with Crippen LogP contribution in [0.15, 0.2) is 12.2 Å². The molecule has 1 rings (SSSR count). The minimum Gasteiger partial charge on any atom is -0.329 e. The van der Waals surface area contributed by atoms with Crippen molar-refractivity contribution in [2.45, 2.75) is 6.42 Å². The quantitative estimate of drug-likeness (QED) is 0.335. The van der Waals surface area contributed by atoms with Crippen LogP contribution in [0.25, 0.3) is 0 Å². The van der Waals surface area contributed by atoms with Crippen molar-refractivity contribution in [1.29, 1.82) is 0 Å². The molecule has 0 saturated carbocycles. The van der Waals surface area contributed by atoms with Crippen LogP contribution in [-0.2, 0) is 9.59 Å². The Morgan fingerprint density at radius 1 is 1.00 bits per heavy atom. The van der Waals surface area contributed by atoms with Crippen LogP contribution in [0, 0.1) is 0 Å². The smallest absolute Gasteiger partial charge is 0.253 e. The Bertz CT molecular complexity index is 273. The molecule has 0 aromatic carbocycles. The van der Waals surface area contributed by atoms with Gasteiger partial charge in [0.25, 0.3) is 11.8 Å². The maximum atomic E-state index is 11.2. The number of hydrogen-bond donors (Lipinski definition) is 3. The van der Waals surface area contributed by atoms with Crippen molar-refractivity contribution < 1.29 is 9.59 Å². The number of carbonyl (C=O) groups excluding carboxylic acids is 2. The summed E-state index contributed by atoms with van der Waals surface area (Å²) in [4.78, 5) is 23.7. The van der Waals surface area contributed by atoms with Crippen LogP contribution in [0.1, 0.15) is 6.42 Å². The summed E-state index contributed by atoms with van der Waals surface area (Å²) < 4.78 is 0. The van der Waals surface area contributed by atoms with Crippen molar-refractivity contribution in [3.05, 3.63) is 12.2 Å². The van der Waals surface area contributed by atoms with Gasteiger partial charge in [-0.05, 0) is 13.0 Å². The summed E-state index contributed by atoms with van der Waals surface area (Å²) in [6.45, 7) is 4.48. The fraction of sp³-hybridized carbons (Fsp3) is 0.636. The maximum absolute atomic E-state index is 11.2. The molecule has 0 aromatic rings. The zero-order valence-corrected chi connectivity index (χ0v) is 9.95. The summed E-state index contributed by atoms with van der Waals surface area (Å²) in [6, 6.07) is 0. The van der Waals surface area contributed by atoms with Crippen LogP contribution in [0.3, 0.4) is 0 Å². The molecule has 0 bridgehead atoms. The molecule has 2 amide bonds. The predicted molar refractivity (Wildman–Crippen MR) is 65.3 cm³/mol. The third-order valence-corrected chi connectivity index (χ3v) is 2.44. The van der Waals surface area contributed by atoms with Crippen LogP contribution in [-0.4, -0.2) is 56.0 Å². The van der Waals surface area contributed by atoms with Crippen LogP contribution < -0.4 is 16.4 Å². The molecule has 0 unspecified atom stereocenters. The molecular weight excluding hydrogens is 220 g/mol. The predicted octanol–water partition coefficient (Wildman–Crippen LogP) is -1.56. The van der Waals surface area contributed by atoms with Gasteiger partial charge < -0.3 is 16.4 Å². The molecule has 1 aliphatic rings. The summed E-state index contributed by atoms with van der Waals surface area (Å²) >= 11 is 0. The fourth-order valence-electron chi connectivity index (χ4n) is 1.54. The molecule has 6 nitrogen and oxygen atoms in total. The molecule has 0 aliphatic carbocycles. The van der Waals surface area contributed by atoms with Gasteiger partial charge in [0, 0.05) is 44.9 Å². The Hall–Kier alpha value is -1.24. The van der Waals surface area contributed by atoms with Crippen molar-refractivity contribution in [2.24, 2.45) is 5.73 Å². The number of amides is 2. The Morgan fingerprint density at radius 3 is 2.18 bits per heavy atom. The third kappa shape index (κ3) is 5.08. The first-order valence-corrected chi connectivity index (χ1v) is 5.90. The van der Waals surface area contributed by atoms with Gasteiger partial charge in [-0.25, -0.2) is 0 Å². The topological polar surface area (TPSA) is 87.5 Å². The summed E-state index contributed by atoms with van der Waals surface area (Å²) in [5.74, 6) is -0.417. The van der Waals surface area contributed by atoms with Crippen LogP contribution in [0.5, 0.6) is 0 Å². The number of hydrogen-bond acceptors (Lipinski definition) is 5. The summed E-state index contributed by atoms with van der Waals surface area (Å²) in [5, 5.41) is 6.39. The largest absolute Gasteiger partial charge is 0.329 e. The molecule has 1 heterocycles. The van der Waals surface area contributed by atoms with Crippen LogP contribution >= 0.6 is 0 Å². The van der Waals surface area contributed by atoms with E-state index in [9.17, 15) is 9.59 Å². The highest BCUT2D eigenvalue weighted by atomic mass is 16.2. The molecule has 0 spiro atoms. The lowest BCUT2D eigenvalue weighted by molar-refractivity contribution is -0.136. The first-order valence-electron chi connectivity index (χ1n) is 5.90. The van der Waals surface area contributed by atoms with Gasteiger partial charge in [0.1, 0.15) is 0 Å². The van der Waals surface area contributed by atoms with Crippen molar-refractivity contribution >= 4 is 11.8 Å². The number of nitrogens with zero attached hydrogens (tertiary/aromatic N) is 1. The molecule has 1 aliphatic heterocycles. The summed E-state index contributed by atoms with van der Waals surface area (Å²) in [6.07, 6.45) is 3.40. The van der Waals surface area contributed by atoms with Gasteiger partial charge in [-0.15, -0.1) is 0 Å². The fourth-order valence-corrected chi connectivity index (χ4v) is 1.54. The Labute approximate surface area is 101 Å². The van der Waals surface area contributed by atoms with E-state index < -0.39 is 0 Å². The second kappa shape index (κ2) is 7.94. The van der Waals surface area contributed by atoms with E-state index in [4.69, 9.17) is 5.73 Å². The summed E-state index contributed by atoms with van der Waals surface area (Å²) in [5.41, 5.74) is 5.33. The Morgan fingerprint density at radius 2 is 1.59 bits per heavy atom. The molecule has 17 heavy (non-hydrogen) atoms. The lowest BCUT2D eigenvalue weighted by Gasteiger charge is -2.13. The number of nitrogens with two attached hydrogens (primary N) is 1. The van der Waals surface area contributed by atoms with Gasteiger partial charge in [0.15, 0.2) is 0 Å². The Kier molecular flexibility index (Phi) is 6.46. The van der Waals surface area contributed by atoms with Crippen LogP contribution in [0.4, 0.5) is 0 Å². The van der Waals surface area contributed by atoms with Gasteiger partial charge in [-0.3, -0.25) is 14.5 Å². The SMILES string of the molecule is NCCNCCNCCCN1C(=O)C=CC1=O. The molecular formula is C11H20N4O2. The van der Waals surface area contributed by atoms with Gasteiger partial charge >= 0.3 is 0 Å². The highest BCUT2D eigenvalue weighted by Gasteiger charge is 2.21. The van der Waals surface area contributed by atoms with E-state index >= 15 is 0 Å². The van der Waals surface area contributed by atoms with Crippen molar-refractivity contribution in [3.63, 3.8) is 0 Å². The maximum Gasteiger partial charge on any atom is 0.253 e. The molecule has 0 saturated heterocycles. The van der Waals surface area contributed by atoms with E-state index in [1.807, 2.05) is 0 Å². The molecule has 96 valence electrons. The second-order valence-corrected chi connectivity index (χ2v) is 3.80. The van der Waals surface area contributed by atoms with E-state index in [2.05, 4.69) is 10.6 Å².